The number of carbonyl (C=O) groups is 1. The Bertz CT molecular complexity index is 1040. The minimum absolute atomic E-state index is 0.0736. The maximum Gasteiger partial charge on any atom is 0.274 e. The summed E-state index contributed by atoms with van der Waals surface area (Å²) in [5.41, 5.74) is 3.65. The predicted octanol–water partition coefficient (Wildman–Crippen LogP) is 3.63. The summed E-state index contributed by atoms with van der Waals surface area (Å²) in [5.74, 6) is 0.495. The molecule has 0 saturated carbocycles. The average Bonchev–Trinajstić information content (AvgIpc) is 3.21. The van der Waals surface area contributed by atoms with E-state index >= 15 is 0 Å². The number of nitrogens with zero attached hydrogens (tertiary/aromatic N) is 4. The fourth-order valence-corrected chi connectivity index (χ4v) is 3.87. The van der Waals surface area contributed by atoms with Crippen molar-refractivity contribution in [3.63, 3.8) is 0 Å². The Morgan fingerprint density at radius 2 is 1.77 bits per heavy atom. The predicted molar refractivity (Wildman–Crippen MR) is 116 cm³/mol. The molecule has 1 saturated heterocycles. The number of aryl methyl sites for hydroxylation is 2. The molecule has 1 aliphatic heterocycles. The molecule has 2 aromatic carbocycles. The highest BCUT2D eigenvalue weighted by atomic mass is 19.1. The smallest absolute Gasteiger partial charge is 0.274 e. The summed E-state index contributed by atoms with van der Waals surface area (Å²) in [6, 6.07) is 14.4. The molecule has 6 nitrogen and oxygen atoms in total. The van der Waals surface area contributed by atoms with Gasteiger partial charge in [0.25, 0.3) is 5.91 Å². The first-order valence-corrected chi connectivity index (χ1v) is 10.5. The molecule has 4 rings (SSSR count). The lowest BCUT2D eigenvalue weighted by atomic mass is 10.1. The van der Waals surface area contributed by atoms with Gasteiger partial charge < -0.3 is 9.64 Å². The molecule has 31 heavy (non-hydrogen) atoms. The SMILES string of the molecule is Cc1cc(C)cc(OCn2ccc(C(=O)N3CCN(Cc4cccc(F)c4)CC3)n2)c1. The van der Waals surface area contributed by atoms with Crippen LogP contribution >= 0.6 is 0 Å². The van der Waals surface area contributed by atoms with Crippen molar-refractivity contribution < 1.29 is 13.9 Å². The third-order valence-corrected chi connectivity index (χ3v) is 5.37. The maximum atomic E-state index is 13.4. The molecule has 0 N–H and O–H groups in total. The van der Waals surface area contributed by atoms with Gasteiger partial charge in [-0.1, -0.05) is 18.2 Å². The summed E-state index contributed by atoms with van der Waals surface area (Å²) in [4.78, 5) is 16.9. The molecule has 0 bridgehead atoms. The van der Waals surface area contributed by atoms with Crippen LogP contribution in [0.2, 0.25) is 0 Å². The summed E-state index contributed by atoms with van der Waals surface area (Å²) >= 11 is 0. The van der Waals surface area contributed by atoms with Crippen molar-refractivity contribution in [1.29, 1.82) is 0 Å². The monoisotopic (exact) mass is 422 g/mol. The Morgan fingerprint density at radius 3 is 2.48 bits per heavy atom. The molecule has 0 atom stereocenters. The molecule has 0 aliphatic carbocycles. The second-order valence-corrected chi connectivity index (χ2v) is 8.04. The zero-order chi connectivity index (χ0) is 21.8. The molecule has 2 heterocycles. The first-order chi connectivity index (χ1) is 15.0. The molecule has 1 aromatic heterocycles. The number of piperazine rings is 1. The van der Waals surface area contributed by atoms with Gasteiger partial charge in [0.2, 0.25) is 0 Å². The number of hydrogen-bond donors (Lipinski definition) is 0. The maximum absolute atomic E-state index is 13.4. The summed E-state index contributed by atoms with van der Waals surface area (Å²) in [7, 11) is 0. The van der Waals surface area contributed by atoms with Crippen molar-refractivity contribution in [3.8, 4) is 5.75 Å². The van der Waals surface area contributed by atoms with Gasteiger partial charge in [-0.25, -0.2) is 9.07 Å². The largest absolute Gasteiger partial charge is 0.471 e. The minimum Gasteiger partial charge on any atom is -0.471 e. The number of benzene rings is 2. The van der Waals surface area contributed by atoms with E-state index in [1.165, 1.54) is 6.07 Å². The fraction of sp³-hybridized carbons (Fsp3) is 0.333. The minimum atomic E-state index is -0.219. The quantitative estimate of drug-likeness (QED) is 0.609. The van der Waals surface area contributed by atoms with Crippen molar-refractivity contribution in [2.45, 2.75) is 27.1 Å². The van der Waals surface area contributed by atoms with Gasteiger partial charge in [-0.05, 0) is 60.9 Å². The van der Waals surface area contributed by atoms with Crippen LogP contribution in [0.1, 0.15) is 27.2 Å². The van der Waals surface area contributed by atoms with Crippen LogP contribution in [0.4, 0.5) is 4.39 Å². The van der Waals surface area contributed by atoms with Gasteiger partial charge in [-0.3, -0.25) is 9.69 Å². The number of ether oxygens (including phenoxy) is 1. The first-order valence-electron chi connectivity index (χ1n) is 10.5. The number of rotatable bonds is 6. The summed E-state index contributed by atoms with van der Waals surface area (Å²) < 4.78 is 20.8. The van der Waals surface area contributed by atoms with E-state index in [1.807, 2.05) is 36.9 Å². The first kappa shape index (κ1) is 21.1. The van der Waals surface area contributed by atoms with Crippen molar-refractivity contribution >= 4 is 5.91 Å². The molecular formula is C24H27FN4O2. The highest BCUT2D eigenvalue weighted by molar-refractivity contribution is 5.92. The molecule has 0 radical (unpaired) electrons. The lowest BCUT2D eigenvalue weighted by Gasteiger charge is -2.34. The molecule has 162 valence electrons. The van der Waals surface area contributed by atoms with E-state index in [-0.39, 0.29) is 18.5 Å². The van der Waals surface area contributed by atoms with Gasteiger partial charge in [-0.15, -0.1) is 0 Å². The number of amides is 1. The van der Waals surface area contributed by atoms with E-state index in [2.05, 4.69) is 16.1 Å². The molecule has 1 amide bonds. The Kier molecular flexibility index (Phi) is 6.32. The van der Waals surface area contributed by atoms with Crippen molar-refractivity contribution in [1.82, 2.24) is 19.6 Å². The van der Waals surface area contributed by atoms with E-state index < -0.39 is 0 Å². The number of hydrogen-bond acceptors (Lipinski definition) is 4. The van der Waals surface area contributed by atoms with Gasteiger partial charge in [0.1, 0.15) is 11.6 Å². The van der Waals surface area contributed by atoms with Crippen LogP contribution in [0.25, 0.3) is 0 Å². The molecule has 7 heteroatoms. The van der Waals surface area contributed by atoms with E-state index in [1.54, 1.807) is 29.1 Å². The van der Waals surface area contributed by atoms with Crippen molar-refractivity contribution in [3.05, 3.63) is 82.9 Å². The van der Waals surface area contributed by atoms with Gasteiger partial charge in [0, 0.05) is 38.9 Å². The highest BCUT2D eigenvalue weighted by Crippen LogP contribution is 2.17. The van der Waals surface area contributed by atoms with Gasteiger partial charge in [0.15, 0.2) is 12.4 Å². The highest BCUT2D eigenvalue weighted by Gasteiger charge is 2.23. The zero-order valence-corrected chi connectivity index (χ0v) is 17.9. The zero-order valence-electron chi connectivity index (χ0n) is 17.9. The summed E-state index contributed by atoms with van der Waals surface area (Å²) in [6.45, 7) is 7.74. The standard InChI is InChI=1S/C24H27FN4O2/c1-18-12-19(2)14-22(13-18)31-17-29-7-6-23(26-29)24(30)28-10-8-27(9-11-28)16-20-4-3-5-21(25)15-20/h3-7,12-15H,8-11,16-17H2,1-2H3. The van der Waals surface area contributed by atoms with E-state index in [0.29, 0.717) is 25.3 Å². The summed E-state index contributed by atoms with van der Waals surface area (Å²) in [6.07, 6.45) is 1.76. The Labute approximate surface area is 181 Å². The lowest BCUT2D eigenvalue weighted by Crippen LogP contribution is -2.48. The molecule has 0 unspecified atom stereocenters. The van der Waals surface area contributed by atoms with Gasteiger partial charge >= 0.3 is 0 Å². The molecule has 3 aromatic rings. The van der Waals surface area contributed by atoms with Crippen molar-refractivity contribution in [2.24, 2.45) is 0 Å². The normalized spacial score (nSPS) is 14.6. The van der Waals surface area contributed by atoms with Crippen LogP contribution in [0, 0.1) is 19.7 Å². The molecule has 1 aliphatic rings. The average molecular weight is 423 g/mol. The second-order valence-electron chi connectivity index (χ2n) is 8.04. The van der Waals surface area contributed by atoms with Gasteiger partial charge in [-0.2, -0.15) is 5.10 Å². The van der Waals surface area contributed by atoms with E-state index in [4.69, 9.17) is 4.74 Å². The van der Waals surface area contributed by atoms with E-state index in [0.717, 1.165) is 35.5 Å². The van der Waals surface area contributed by atoms with Gasteiger partial charge in [0.05, 0.1) is 0 Å². The number of aromatic nitrogens is 2. The molecule has 0 spiro atoms. The summed E-state index contributed by atoms with van der Waals surface area (Å²) in [5, 5.41) is 4.39. The lowest BCUT2D eigenvalue weighted by molar-refractivity contribution is 0.0620. The van der Waals surface area contributed by atoms with Crippen LogP contribution in [-0.4, -0.2) is 51.7 Å². The van der Waals surface area contributed by atoms with Crippen molar-refractivity contribution in [2.75, 3.05) is 26.2 Å². The van der Waals surface area contributed by atoms with Crippen LogP contribution in [0.5, 0.6) is 5.75 Å². The molecular weight excluding hydrogens is 395 g/mol. The number of carbonyl (C=O) groups excluding carboxylic acids is 1. The van der Waals surface area contributed by atoms with Crippen LogP contribution in [0.3, 0.4) is 0 Å². The Balaban J connectivity index is 1.29. The second kappa shape index (κ2) is 9.31. The van der Waals surface area contributed by atoms with E-state index in [9.17, 15) is 9.18 Å². The van der Waals surface area contributed by atoms with Crippen LogP contribution < -0.4 is 4.74 Å². The number of halogens is 1. The fourth-order valence-electron chi connectivity index (χ4n) is 3.87. The third-order valence-electron chi connectivity index (χ3n) is 5.37. The molecule has 1 fully saturated rings. The Hall–Kier alpha value is -3.19. The van der Waals surface area contributed by atoms with Crippen LogP contribution in [-0.2, 0) is 13.3 Å². The topological polar surface area (TPSA) is 50.6 Å². The Morgan fingerprint density at radius 1 is 1.03 bits per heavy atom. The van der Waals surface area contributed by atoms with Crippen LogP contribution in [0.15, 0.2) is 54.7 Å². The third kappa shape index (κ3) is 5.49.